The highest BCUT2D eigenvalue weighted by Crippen LogP contribution is 2.29. The van der Waals surface area contributed by atoms with Crippen molar-refractivity contribution in [1.29, 1.82) is 0 Å². The van der Waals surface area contributed by atoms with Crippen molar-refractivity contribution >= 4 is 29.2 Å². The molecule has 0 spiro atoms. The van der Waals surface area contributed by atoms with Crippen molar-refractivity contribution in [2.75, 3.05) is 6.61 Å². The van der Waals surface area contributed by atoms with Gasteiger partial charge in [0.2, 0.25) is 0 Å². The molecule has 2 rings (SSSR count). The van der Waals surface area contributed by atoms with E-state index in [0.29, 0.717) is 33.9 Å². The van der Waals surface area contributed by atoms with Crippen LogP contribution in [0.5, 0.6) is 11.5 Å². The topological polar surface area (TPSA) is 35.5 Å². The molecule has 24 heavy (non-hydrogen) atoms. The van der Waals surface area contributed by atoms with Gasteiger partial charge in [-0.3, -0.25) is 0 Å². The van der Waals surface area contributed by atoms with Crippen LogP contribution in [0.4, 0.5) is 0 Å². The maximum atomic E-state index is 12.2. The van der Waals surface area contributed by atoms with Crippen LogP contribution in [0.15, 0.2) is 36.4 Å². The van der Waals surface area contributed by atoms with E-state index in [-0.39, 0.29) is 0 Å². The minimum atomic E-state index is -0.472. The third kappa shape index (κ3) is 5.15. The molecule has 5 heteroatoms. The van der Waals surface area contributed by atoms with Crippen LogP contribution in [0.2, 0.25) is 10.0 Å². The van der Waals surface area contributed by atoms with Crippen LogP contribution in [-0.4, -0.2) is 12.6 Å². The Labute approximate surface area is 152 Å². The fourth-order valence-corrected chi connectivity index (χ4v) is 2.41. The van der Waals surface area contributed by atoms with E-state index in [4.69, 9.17) is 32.7 Å². The van der Waals surface area contributed by atoms with Crippen molar-refractivity contribution in [3.8, 4) is 11.5 Å². The van der Waals surface area contributed by atoms with E-state index < -0.39 is 5.97 Å². The summed E-state index contributed by atoms with van der Waals surface area (Å²) in [5.74, 6) is 1.17. The van der Waals surface area contributed by atoms with Crippen LogP contribution in [0.1, 0.15) is 36.2 Å². The summed E-state index contributed by atoms with van der Waals surface area (Å²) in [4.78, 5) is 12.2. The highest BCUT2D eigenvalue weighted by atomic mass is 35.5. The number of halogens is 2. The lowest BCUT2D eigenvalue weighted by atomic mass is 10.1. The summed E-state index contributed by atoms with van der Waals surface area (Å²) >= 11 is 12.1. The SMILES string of the molecule is Cc1c(Cl)cc(OC(=O)c2ccc(OCCC(C)C)cc2)cc1Cl. The number of ether oxygens (including phenoxy) is 2. The van der Waals surface area contributed by atoms with E-state index in [0.717, 1.165) is 17.7 Å². The molecular weight excluding hydrogens is 347 g/mol. The van der Waals surface area contributed by atoms with Crippen molar-refractivity contribution < 1.29 is 14.3 Å². The Balaban J connectivity index is 2.00. The van der Waals surface area contributed by atoms with E-state index in [1.54, 1.807) is 43.3 Å². The van der Waals surface area contributed by atoms with Gasteiger partial charge in [0.1, 0.15) is 11.5 Å². The molecule has 0 aliphatic carbocycles. The Kier molecular flexibility index (Phi) is 6.52. The molecule has 0 aliphatic rings. The number of hydrogen-bond donors (Lipinski definition) is 0. The molecule has 3 nitrogen and oxygen atoms in total. The van der Waals surface area contributed by atoms with Gasteiger partial charge in [-0.15, -0.1) is 0 Å². The average Bonchev–Trinajstić information content (AvgIpc) is 2.52. The zero-order chi connectivity index (χ0) is 17.7. The quantitative estimate of drug-likeness (QED) is 0.468. The average molecular weight is 367 g/mol. The number of hydrogen-bond acceptors (Lipinski definition) is 3. The maximum Gasteiger partial charge on any atom is 0.343 e. The minimum absolute atomic E-state index is 0.317. The number of carbonyl (C=O) groups excluding carboxylic acids is 1. The molecule has 0 radical (unpaired) electrons. The minimum Gasteiger partial charge on any atom is -0.494 e. The van der Waals surface area contributed by atoms with Gasteiger partial charge in [-0.05, 0) is 61.2 Å². The molecule has 0 amide bonds. The second-order valence-electron chi connectivity index (χ2n) is 5.96. The molecule has 0 aliphatic heterocycles. The van der Waals surface area contributed by atoms with Crippen LogP contribution in [0.3, 0.4) is 0 Å². The smallest absolute Gasteiger partial charge is 0.343 e. The Morgan fingerprint density at radius 1 is 1.04 bits per heavy atom. The molecule has 0 fully saturated rings. The molecule has 2 aromatic carbocycles. The third-order valence-corrected chi connectivity index (χ3v) is 4.30. The van der Waals surface area contributed by atoms with Crippen LogP contribution in [0.25, 0.3) is 0 Å². The van der Waals surface area contributed by atoms with Crippen LogP contribution in [0, 0.1) is 12.8 Å². The molecule has 0 aromatic heterocycles. The highest BCUT2D eigenvalue weighted by molar-refractivity contribution is 6.36. The van der Waals surface area contributed by atoms with Crippen molar-refractivity contribution in [1.82, 2.24) is 0 Å². The second-order valence-corrected chi connectivity index (χ2v) is 6.77. The van der Waals surface area contributed by atoms with Gasteiger partial charge in [-0.25, -0.2) is 4.79 Å². The summed E-state index contributed by atoms with van der Waals surface area (Å²) in [7, 11) is 0. The Morgan fingerprint density at radius 2 is 1.62 bits per heavy atom. The fourth-order valence-electron chi connectivity index (χ4n) is 1.95. The summed E-state index contributed by atoms with van der Waals surface area (Å²) in [5.41, 5.74) is 1.18. The Hall–Kier alpha value is -1.71. The van der Waals surface area contributed by atoms with Gasteiger partial charge < -0.3 is 9.47 Å². The zero-order valence-electron chi connectivity index (χ0n) is 13.9. The molecule has 0 unspecified atom stereocenters. The largest absolute Gasteiger partial charge is 0.494 e. The van der Waals surface area contributed by atoms with Gasteiger partial charge in [0, 0.05) is 10.0 Å². The van der Waals surface area contributed by atoms with Crippen LogP contribution in [-0.2, 0) is 0 Å². The Morgan fingerprint density at radius 3 is 2.17 bits per heavy atom. The Bertz CT molecular complexity index is 686. The molecular formula is C19H20Cl2O3. The van der Waals surface area contributed by atoms with Crippen molar-refractivity contribution in [2.24, 2.45) is 5.92 Å². The molecule has 0 atom stereocenters. The maximum absolute atomic E-state index is 12.2. The molecule has 2 aromatic rings. The monoisotopic (exact) mass is 366 g/mol. The molecule has 0 heterocycles. The summed E-state index contributed by atoms with van der Waals surface area (Å²) < 4.78 is 10.9. The fraction of sp³-hybridized carbons (Fsp3) is 0.316. The summed E-state index contributed by atoms with van der Waals surface area (Å²) in [6.45, 7) is 6.74. The molecule has 0 N–H and O–H groups in total. The van der Waals surface area contributed by atoms with Crippen molar-refractivity contribution in [2.45, 2.75) is 27.2 Å². The molecule has 0 bridgehead atoms. The van der Waals surface area contributed by atoms with Gasteiger partial charge in [0.05, 0.1) is 12.2 Å². The summed E-state index contributed by atoms with van der Waals surface area (Å²) in [6, 6.07) is 10.0. The van der Waals surface area contributed by atoms with Crippen molar-refractivity contribution in [3.05, 3.63) is 57.6 Å². The zero-order valence-corrected chi connectivity index (χ0v) is 15.4. The lowest BCUT2D eigenvalue weighted by molar-refractivity contribution is 0.0735. The molecule has 128 valence electrons. The molecule has 0 saturated carbocycles. The van der Waals surface area contributed by atoms with Crippen molar-refractivity contribution in [3.63, 3.8) is 0 Å². The first kappa shape index (κ1) is 18.6. The third-order valence-electron chi connectivity index (χ3n) is 3.52. The number of esters is 1. The summed E-state index contributed by atoms with van der Waals surface area (Å²) in [6.07, 6.45) is 0.985. The van der Waals surface area contributed by atoms with Gasteiger partial charge in [0.15, 0.2) is 0 Å². The first-order valence-electron chi connectivity index (χ1n) is 7.77. The van der Waals surface area contributed by atoms with Gasteiger partial charge in [0.25, 0.3) is 0 Å². The lowest BCUT2D eigenvalue weighted by Crippen LogP contribution is -2.08. The van der Waals surface area contributed by atoms with E-state index in [2.05, 4.69) is 13.8 Å². The first-order valence-corrected chi connectivity index (χ1v) is 8.53. The van der Waals surface area contributed by atoms with Gasteiger partial charge in [-0.1, -0.05) is 37.0 Å². The normalized spacial score (nSPS) is 10.8. The molecule has 0 saturated heterocycles. The number of carbonyl (C=O) groups is 1. The van der Waals surface area contributed by atoms with E-state index in [1.807, 2.05) is 0 Å². The van der Waals surface area contributed by atoms with Gasteiger partial charge >= 0.3 is 5.97 Å². The van der Waals surface area contributed by atoms with E-state index in [1.165, 1.54) is 0 Å². The van der Waals surface area contributed by atoms with Gasteiger partial charge in [-0.2, -0.15) is 0 Å². The number of rotatable bonds is 6. The first-order chi connectivity index (χ1) is 11.4. The standard InChI is InChI=1S/C19H20Cl2O3/c1-12(2)8-9-23-15-6-4-14(5-7-15)19(22)24-16-10-17(20)13(3)18(21)11-16/h4-7,10-12H,8-9H2,1-3H3. The van der Waals surface area contributed by atoms with E-state index >= 15 is 0 Å². The van der Waals surface area contributed by atoms with Crippen LogP contribution >= 0.6 is 23.2 Å². The summed E-state index contributed by atoms with van der Waals surface area (Å²) in [5, 5.41) is 0.915. The second kappa shape index (κ2) is 8.41. The highest BCUT2D eigenvalue weighted by Gasteiger charge is 2.11. The number of benzene rings is 2. The lowest BCUT2D eigenvalue weighted by Gasteiger charge is -2.09. The predicted octanol–water partition coefficient (Wildman–Crippen LogP) is 5.95. The predicted molar refractivity (Wildman–Crippen MR) is 97.5 cm³/mol. The van der Waals surface area contributed by atoms with E-state index in [9.17, 15) is 4.79 Å². The van der Waals surface area contributed by atoms with Crippen LogP contribution < -0.4 is 9.47 Å².